The summed E-state index contributed by atoms with van der Waals surface area (Å²) in [6, 6.07) is 5.49. The molecule has 7 nitrogen and oxygen atoms in total. The topological polar surface area (TPSA) is 92.9 Å². The number of nitrogens with one attached hydrogen (secondary N) is 2. The minimum Gasteiger partial charge on any atom is -0.340 e. The standard InChI is InChI=1S/C14H12FN5O2S/c1-8-18-11(20-22-8)6-16-14(21)19-13-12(17-7-23-13)9-2-4-10(15)5-3-9/h2-5,7H,6H2,1H3,(H2,16,19,21). The second kappa shape index (κ2) is 6.53. The van der Waals surface area contributed by atoms with Gasteiger partial charge in [0.1, 0.15) is 16.5 Å². The number of hydrogen-bond acceptors (Lipinski definition) is 6. The minimum atomic E-state index is -0.417. The smallest absolute Gasteiger partial charge is 0.320 e. The highest BCUT2D eigenvalue weighted by molar-refractivity contribution is 7.14. The van der Waals surface area contributed by atoms with Gasteiger partial charge in [-0.15, -0.1) is 11.3 Å². The third kappa shape index (κ3) is 3.69. The van der Waals surface area contributed by atoms with Gasteiger partial charge in [0.05, 0.1) is 12.1 Å². The number of aromatic nitrogens is 3. The first-order chi connectivity index (χ1) is 11.1. The largest absolute Gasteiger partial charge is 0.340 e. The lowest BCUT2D eigenvalue weighted by molar-refractivity contribution is 0.251. The fourth-order valence-corrected chi connectivity index (χ4v) is 2.57. The van der Waals surface area contributed by atoms with Gasteiger partial charge in [-0.2, -0.15) is 4.98 Å². The first kappa shape index (κ1) is 15.1. The molecule has 0 saturated heterocycles. The molecule has 0 aliphatic rings. The average molecular weight is 333 g/mol. The van der Waals surface area contributed by atoms with Crippen molar-refractivity contribution in [3.63, 3.8) is 0 Å². The maximum atomic E-state index is 13.0. The van der Waals surface area contributed by atoms with Crippen molar-refractivity contribution < 1.29 is 13.7 Å². The van der Waals surface area contributed by atoms with Crippen LogP contribution in [0.3, 0.4) is 0 Å². The van der Waals surface area contributed by atoms with Crippen molar-refractivity contribution in [1.82, 2.24) is 20.4 Å². The molecule has 0 aliphatic carbocycles. The van der Waals surface area contributed by atoms with Crippen LogP contribution in [-0.4, -0.2) is 21.2 Å². The van der Waals surface area contributed by atoms with Gasteiger partial charge in [-0.3, -0.25) is 5.32 Å². The maximum absolute atomic E-state index is 13.0. The van der Waals surface area contributed by atoms with Gasteiger partial charge in [0.2, 0.25) is 5.89 Å². The number of rotatable bonds is 4. The molecule has 0 spiro atoms. The molecule has 0 atom stereocenters. The summed E-state index contributed by atoms with van der Waals surface area (Å²) in [4.78, 5) is 20.1. The van der Waals surface area contributed by atoms with Crippen LogP contribution in [0, 0.1) is 12.7 Å². The Labute approximate surface area is 134 Å². The molecule has 2 heterocycles. The highest BCUT2D eigenvalue weighted by atomic mass is 32.1. The molecular formula is C14H12FN5O2S. The Morgan fingerprint density at radius 1 is 1.35 bits per heavy atom. The van der Waals surface area contributed by atoms with Crippen LogP contribution < -0.4 is 10.6 Å². The number of benzene rings is 1. The van der Waals surface area contributed by atoms with Crippen LogP contribution in [0.2, 0.25) is 0 Å². The van der Waals surface area contributed by atoms with E-state index in [4.69, 9.17) is 4.52 Å². The SMILES string of the molecule is Cc1nc(CNC(=O)Nc2scnc2-c2ccc(F)cc2)no1. The number of urea groups is 1. The summed E-state index contributed by atoms with van der Waals surface area (Å²) in [5.41, 5.74) is 2.91. The molecule has 0 bridgehead atoms. The van der Waals surface area contributed by atoms with Crippen molar-refractivity contribution in [1.29, 1.82) is 0 Å². The third-order valence-electron chi connectivity index (χ3n) is 2.89. The number of halogens is 1. The zero-order chi connectivity index (χ0) is 16.2. The number of hydrogen-bond donors (Lipinski definition) is 2. The van der Waals surface area contributed by atoms with Gasteiger partial charge in [-0.25, -0.2) is 14.2 Å². The third-order valence-corrected chi connectivity index (χ3v) is 3.63. The Morgan fingerprint density at radius 3 is 2.83 bits per heavy atom. The van der Waals surface area contributed by atoms with Gasteiger partial charge in [0, 0.05) is 12.5 Å². The fourth-order valence-electron chi connectivity index (χ4n) is 1.87. The Hall–Kier alpha value is -2.81. The molecule has 2 amide bonds. The van der Waals surface area contributed by atoms with Crippen LogP contribution in [0.1, 0.15) is 11.7 Å². The molecule has 0 unspecified atom stereocenters. The van der Waals surface area contributed by atoms with Crippen LogP contribution in [-0.2, 0) is 6.54 Å². The Bertz CT molecular complexity index is 815. The second-order valence-corrected chi connectivity index (χ2v) is 5.43. The lowest BCUT2D eigenvalue weighted by Gasteiger charge is -2.06. The van der Waals surface area contributed by atoms with Crippen molar-refractivity contribution in [2.75, 3.05) is 5.32 Å². The first-order valence-corrected chi connectivity index (χ1v) is 7.53. The Kier molecular flexibility index (Phi) is 4.29. The summed E-state index contributed by atoms with van der Waals surface area (Å²) in [6.45, 7) is 1.82. The molecule has 3 aromatic rings. The second-order valence-electron chi connectivity index (χ2n) is 4.57. The summed E-state index contributed by atoms with van der Waals surface area (Å²) in [6.07, 6.45) is 0. The summed E-state index contributed by atoms with van der Waals surface area (Å²) >= 11 is 1.28. The van der Waals surface area contributed by atoms with E-state index in [1.807, 2.05) is 0 Å². The van der Waals surface area contributed by atoms with Crippen LogP contribution in [0.15, 0.2) is 34.3 Å². The van der Waals surface area contributed by atoms with Crippen LogP contribution >= 0.6 is 11.3 Å². The number of amides is 2. The number of carbonyl (C=O) groups excluding carboxylic acids is 1. The number of nitrogens with zero attached hydrogens (tertiary/aromatic N) is 3. The highest BCUT2D eigenvalue weighted by Gasteiger charge is 2.12. The lowest BCUT2D eigenvalue weighted by atomic mass is 10.1. The summed E-state index contributed by atoms with van der Waals surface area (Å²) in [5.74, 6) is 0.496. The van der Waals surface area contributed by atoms with E-state index in [9.17, 15) is 9.18 Å². The predicted molar refractivity (Wildman–Crippen MR) is 82.4 cm³/mol. The molecule has 2 N–H and O–H groups in total. The van der Waals surface area contributed by atoms with E-state index >= 15 is 0 Å². The molecule has 0 radical (unpaired) electrons. The van der Waals surface area contributed by atoms with E-state index < -0.39 is 6.03 Å². The molecule has 0 fully saturated rings. The number of anilines is 1. The molecule has 1 aromatic carbocycles. The van der Waals surface area contributed by atoms with Gasteiger partial charge >= 0.3 is 6.03 Å². The van der Waals surface area contributed by atoms with E-state index in [1.165, 1.54) is 23.5 Å². The zero-order valence-corrected chi connectivity index (χ0v) is 12.9. The van der Waals surface area contributed by atoms with Gasteiger partial charge in [0.15, 0.2) is 5.82 Å². The number of carbonyl (C=O) groups is 1. The highest BCUT2D eigenvalue weighted by Crippen LogP contribution is 2.30. The molecule has 118 valence electrons. The summed E-state index contributed by atoms with van der Waals surface area (Å²) in [5, 5.41) is 9.58. The minimum absolute atomic E-state index is 0.147. The predicted octanol–water partition coefficient (Wildman–Crippen LogP) is 2.96. The average Bonchev–Trinajstić information content (AvgIpc) is 3.15. The molecule has 0 saturated carbocycles. The molecule has 23 heavy (non-hydrogen) atoms. The normalized spacial score (nSPS) is 10.5. The fraction of sp³-hybridized carbons (Fsp3) is 0.143. The Morgan fingerprint density at radius 2 is 2.13 bits per heavy atom. The maximum Gasteiger partial charge on any atom is 0.320 e. The van der Waals surface area contributed by atoms with E-state index in [-0.39, 0.29) is 12.4 Å². The van der Waals surface area contributed by atoms with E-state index in [2.05, 4.69) is 25.8 Å². The molecule has 9 heteroatoms. The van der Waals surface area contributed by atoms with Gasteiger partial charge < -0.3 is 9.84 Å². The number of thiazole rings is 1. The first-order valence-electron chi connectivity index (χ1n) is 6.65. The van der Waals surface area contributed by atoms with Gasteiger partial charge in [-0.05, 0) is 24.3 Å². The van der Waals surface area contributed by atoms with Crippen molar-refractivity contribution in [3.05, 3.63) is 47.3 Å². The molecular weight excluding hydrogens is 321 g/mol. The molecule has 0 aliphatic heterocycles. The van der Waals surface area contributed by atoms with Crippen molar-refractivity contribution in [3.8, 4) is 11.3 Å². The van der Waals surface area contributed by atoms with Crippen molar-refractivity contribution in [2.45, 2.75) is 13.5 Å². The molecule has 3 rings (SSSR count). The van der Waals surface area contributed by atoms with Crippen molar-refractivity contribution in [2.24, 2.45) is 0 Å². The van der Waals surface area contributed by atoms with Gasteiger partial charge in [0.25, 0.3) is 0 Å². The summed E-state index contributed by atoms with van der Waals surface area (Å²) in [7, 11) is 0. The van der Waals surface area contributed by atoms with E-state index in [0.29, 0.717) is 22.4 Å². The Balaban J connectivity index is 1.65. The quantitative estimate of drug-likeness (QED) is 0.766. The van der Waals surface area contributed by atoms with Crippen LogP contribution in [0.4, 0.5) is 14.2 Å². The van der Waals surface area contributed by atoms with E-state index in [1.54, 1.807) is 24.6 Å². The lowest BCUT2D eigenvalue weighted by Crippen LogP contribution is -2.28. The zero-order valence-electron chi connectivity index (χ0n) is 12.0. The van der Waals surface area contributed by atoms with Gasteiger partial charge in [-0.1, -0.05) is 5.16 Å². The summed E-state index contributed by atoms with van der Waals surface area (Å²) < 4.78 is 17.8. The van der Waals surface area contributed by atoms with Crippen molar-refractivity contribution >= 4 is 22.4 Å². The molecule has 2 aromatic heterocycles. The number of aryl methyl sites for hydroxylation is 1. The van der Waals surface area contributed by atoms with Crippen LogP contribution in [0.25, 0.3) is 11.3 Å². The van der Waals surface area contributed by atoms with Crippen LogP contribution in [0.5, 0.6) is 0 Å². The van der Waals surface area contributed by atoms with E-state index in [0.717, 1.165) is 5.56 Å². The monoisotopic (exact) mass is 333 g/mol.